The van der Waals surface area contributed by atoms with E-state index in [1.807, 2.05) is 6.92 Å². The van der Waals surface area contributed by atoms with Gasteiger partial charge in [-0.2, -0.15) is 4.31 Å². The van der Waals surface area contributed by atoms with Crippen LogP contribution in [0, 0.1) is 12.7 Å². The molecule has 0 aromatic heterocycles. The monoisotopic (exact) mass is 398 g/mol. The fourth-order valence-electron chi connectivity index (χ4n) is 2.36. The van der Waals surface area contributed by atoms with Crippen LogP contribution in [0.5, 0.6) is 0 Å². The number of halogens is 2. The summed E-state index contributed by atoms with van der Waals surface area (Å²) in [6, 6.07) is 10.1. The molecule has 8 heteroatoms. The minimum absolute atomic E-state index is 0.0148. The van der Waals surface area contributed by atoms with Gasteiger partial charge in [0, 0.05) is 11.6 Å². The number of amides is 1. The number of carbonyl (C=O) groups excluding carboxylic acids is 1. The Balaban J connectivity index is 2.18. The third kappa shape index (κ3) is 5.03. The van der Waals surface area contributed by atoms with Crippen molar-refractivity contribution in [2.24, 2.45) is 0 Å². The molecule has 0 aliphatic rings. The summed E-state index contributed by atoms with van der Waals surface area (Å²) in [5, 5.41) is 2.83. The lowest BCUT2D eigenvalue weighted by molar-refractivity contribution is -0.116. The maximum Gasteiger partial charge on any atom is 0.243 e. The molecule has 140 valence electrons. The Morgan fingerprint density at radius 1 is 1.19 bits per heavy atom. The van der Waals surface area contributed by atoms with Crippen LogP contribution in [0.2, 0.25) is 5.02 Å². The third-order valence-corrected chi connectivity index (χ3v) is 5.75. The smallest absolute Gasteiger partial charge is 0.243 e. The third-order valence-electron chi connectivity index (χ3n) is 3.64. The van der Waals surface area contributed by atoms with E-state index >= 15 is 0 Å². The Morgan fingerprint density at radius 3 is 2.42 bits per heavy atom. The fourth-order valence-corrected chi connectivity index (χ4v) is 3.97. The molecule has 0 bridgehead atoms. The summed E-state index contributed by atoms with van der Waals surface area (Å²) in [6.45, 7) is 3.29. The van der Waals surface area contributed by atoms with Crippen LogP contribution >= 0.6 is 11.6 Å². The maximum absolute atomic E-state index is 13.9. The zero-order valence-electron chi connectivity index (χ0n) is 14.5. The standard InChI is InChI=1S/C18H20ClFN2O3S/c1-3-10-22(26(24,25)15-7-5-14(19)6-8-15)12-18(23)21-17-9-4-13(2)11-16(17)20/h4-9,11H,3,10,12H2,1-2H3,(H,21,23). The SMILES string of the molecule is CCCN(CC(=O)Nc1ccc(C)cc1F)S(=O)(=O)c1ccc(Cl)cc1. The van der Waals surface area contributed by atoms with E-state index in [1.54, 1.807) is 13.0 Å². The average Bonchev–Trinajstić information content (AvgIpc) is 2.57. The molecule has 2 rings (SSSR count). The van der Waals surface area contributed by atoms with Crippen LogP contribution < -0.4 is 5.32 Å². The summed E-state index contributed by atoms with van der Waals surface area (Å²) in [5.74, 6) is -1.18. The molecule has 2 aromatic rings. The largest absolute Gasteiger partial charge is 0.322 e. The number of hydrogen-bond donors (Lipinski definition) is 1. The number of nitrogens with zero attached hydrogens (tertiary/aromatic N) is 1. The fraction of sp³-hybridized carbons (Fsp3) is 0.278. The van der Waals surface area contributed by atoms with Gasteiger partial charge in [-0.05, 0) is 55.3 Å². The molecule has 0 saturated carbocycles. The molecule has 0 aliphatic heterocycles. The van der Waals surface area contributed by atoms with Gasteiger partial charge in [0.1, 0.15) is 5.82 Å². The number of anilines is 1. The minimum atomic E-state index is -3.86. The van der Waals surface area contributed by atoms with Crippen LogP contribution in [0.15, 0.2) is 47.4 Å². The normalized spacial score (nSPS) is 11.6. The van der Waals surface area contributed by atoms with Crippen LogP contribution in [-0.2, 0) is 14.8 Å². The molecule has 0 radical (unpaired) electrons. The van der Waals surface area contributed by atoms with Gasteiger partial charge in [0.25, 0.3) is 0 Å². The highest BCUT2D eigenvalue weighted by atomic mass is 35.5. The molecule has 1 N–H and O–H groups in total. The van der Waals surface area contributed by atoms with Crippen LogP contribution in [0.25, 0.3) is 0 Å². The van der Waals surface area contributed by atoms with Crippen molar-refractivity contribution in [1.82, 2.24) is 4.31 Å². The molecule has 0 fully saturated rings. The molecule has 0 aliphatic carbocycles. The van der Waals surface area contributed by atoms with Gasteiger partial charge in [-0.3, -0.25) is 4.79 Å². The van der Waals surface area contributed by atoms with Crippen molar-refractivity contribution >= 4 is 33.2 Å². The summed E-state index contributed by atoms with van der Waals surface area (Å²) in [4.78, 5) is 12.3. The molecule has 0 atom stereocenters. The Hall–Kier alpha value is -1.96. The summed E-state index contributed by atoms with van der Waals surface area (Å²) < 4.78 is 40.5. The van der Waals surface area contributed by atoms with E-state index in [1.165, 1.54) is 36.4 Å². The van der Waals surface area contributed by atoms with E-state index in [0.29, 0.717) is 11.4 Å². The topological polar surface area (TPSA) is 66.5 Å². The van der Waals surface area contributed by atoms with Crippen molar-refractivity contribution in [3.8, 4) is 0 Å². The number of sulfonamides is 1. The van der Waals surface area contributed by atoms with E-state index < -0.39 is 28.3 Å². The molecule has 26 heavy (non-hydrogen) atoms. The van der Waals surface area contributed by atoms with Gasteiger partial charge in [0.05, 0.1) is 17.1 Å². The first kappa shape index (κ1) is 20.4. The van der Waals surface area contributed by atoms with Gasteiger partial charge in [-0.1, -0.05) is 24.6 Å². The Morgan fingerprint density at radius 2 is 1.85 bits per heavy atom. The molecule has 0 saturated heterocycles. The highest BCUT2D eigenvalue weighted by molar-refractivity contribution is 7.89. The Labute approximate surface area is 157 Å². The summed E-state index contributed by atoms with van der Waals surface area (Å²) in [7, 11) is -3.86. The molecule has 0 unspecified atom stereocenters. The molecular formula is C18H20ClFN2O3S. The zero-order valence-corrected chi connectivity index (χ0v) is 16.1. The van der Waals surface area contributed by atoms with Crippen molar-refractivity contribution < 1.29 is 17.6 Å². The average molecular weight is 399 g/mol. The van der Waals surface area contributed by atoms with Crippen molar-refractivity contribution in [2.45, 2.75) is 25.2 Å². The number of benzene rings is 2. The van der Waals surface area contributed by atoms with Crippen molar-refractivity contribution in [1.29, 1.82) is 0 Å². The van der Waals surface area contributed by atoms with Gasteiger partial charge in [-0.15, -0.1) is 0 Å². The summed E-state index contributed by atoms with van der Waals surface area (Å²) in [6.07, 6.45) is 0.527. The van der Waals surface area contributed by atoms with E-state index in [4.69, 9.17) is 11.6 Å². The van der Waals surface area contributed by atoms with E-state index in [2.05, 4.69) is 5.32 Å². The molecule has 2 aromatic carbocycles. The van der Waals surface area contributed by atoms with Gasteiger partial charge in [-0.25, -0.2) is 12.8 Å². The Bertz CT molecular complexity index is 886. The van der Waals surface area contributed by atoms with Crippen molar-refractivity contribution in [2.75, 3.05) is 18.4 Å². The number of nitrogens with one attached hydrogen (secondary N) is 1. The number of hydrogen-bond acceptors (Lipinski definition) is 3. The van der Waals surface area contributed by atoms with Crippen LogP contribution in [0.3, 0.4) is 0 Å². The highest BCUT2D eigenvalue weighted by Gasteiger charge is 2.26. The van der Waals surface area contributed by atoms with Crippen molar-refractivity contribution in [3.05, 3.63) is 58.9 Å². The second-order valence-electron chi connectivity index (χ2n) is 5.82. The van der Waals surface area contributed by atoms with Gasteiger partial charge < -0.3 is 5.32 Å². The quantitative estimate of drug-likeness (QED) is 0.770. The van der Waals surface area contributed by atoms with E-state index in [0.717, 1.165) is 9.87 Å². The van der Waals surface area contributed by atoms with Gasteiger partial charge in [0.2, 0.25) is 15.9 Å². The first-order valence-electron chi connectivity index (χ1n) is 8.05. The summed E-state index contributed by atoms with van der Waals surface area (Å²) >= 11 is 5.79. The van der Waals surface area contributed by atoms with Gasteiger partial charge in [0.15, 0.2) is 0 Å². The lowest BCUT2D eigenvalue weighted by Crippen LogP contribution is -2.38. The van der Waals surface area contributed by atoms with Crippen LogP contribution in [0.4, 0.5) is 10.1 Å². The number of carbonyl (C=O) groups is 1. The maximum atomic E-state index is 13.9. The predicted octanol–water partition coefficient (Wildman–Crippen LogP) is 3.83. The zero-order chi connectivity index (χ0) is 19.3. The van der Waals surface area contributed by atoms with E-state index in [9.17, 15) is 17.6 Å². The molecule has 1 amide bonds. The van der Waals surface area contributed by atoms with Crippen molar-refractivity contribution in [3.63, 3.8) is 0 Å². The molecular weight excluding hydrogens is 379 g/mol. The first-order valence-corrected chi connectivity index (χ1v) is 9.87. The lowest BCUT2D eigenvalue weighted by atomic mass is 10.2. The minimum Gasteiger partial charge on any atom is -0.322 e. The van der Waals surface area contributed by atoms with E-state index in [-0.39, 0.29) is 17.1 Å². The molecule has 5 nitrogen and oxygen atoms in total. The van der Waals surface area contributed by atoms with Crippen LogP contribution in [-0.4, -0.2) is 31.7 Å². The number of aryl methyl sites for hydroxylation is 1. The second kappa shape index (κ2) is 8.62. The van der Waals surface area contributed by atoms with Crippen LogP contribution in [0.1, 0.15) is 18.9 Å². The lowest BCUT2D eigenvalue weighted by Gasteiger charge is -2.21. The van der Waals surface area contributed by atoms with Gasteiger partial charge >= 0.3 is 0 Å². The highest BCUT2D eigenvalue weighted by Crippen LogP contribution is 2.20. The molecule has 0 spiro atoms. The summed E-state index contributed by atoms with van der Waals surface area (Å²) in [5.41, 5.74) is 0.736. The predicted molar refractivity (Wildman–Crippen MR) is 100 cm³/mol. The Kier molecular flexibility index (Phi) is 6.75. The first-order chi connectivity index (χ1) is 12.2. The molecule has 0 heterocycles. The number of rotatable bonds is 7. The second-order valence-corrected chi connectivity index (χ2v) is 8.20.